The molecule has 1 heterocycles. The van der Waals surface area contributed by atoms with Crippen molar-refractivity contribution < 1.29 is 9.15 Å². The Kier molecular flexibility index (Phi) is 4.63. The van der Waals surface area contributed by atoms with Crippen LogP contribution in [0.2, 0.25) is 5.02 Å². The molecular weight excluding hydrogens is 312 g/mol. The normalized spacial score (nSPS) is 10.7. The predicted octanol–water partition coefficient (Wildman–Crippen LogP) is 4.49. The van der Waals surface area contributed by atoms with Crippen LogP contribution in [-0.2, 0) is 12.8 Å². The third-order valence-corrected chi connectivity index (χ3v) is 3.83. The molecule has 0 unspecified atom stereocenters. The molecule has 0 N–H and O–H groups in total. The lowest BCUT2D eigenvalue weighted by atomic mass is 10.00. The zero-order chi connectivity index (χ0) is 16.2. The summed E-state index contributed by atoms with van der Waals surface area (Å²) in [6.45, 7) is 1.80. The van der Waals surface area contributed by atoms with E-state index in [-0.39, 0.29) is 0 Å². The molecule has 0 aliphatic rings. The molecular formula is C18H17ClN2O2. The molecule has 0 amide bonds. The highest BCUT2D eigenvalue weighted by atomic mass is 35.5. The Morgan fingerprint density at radius 2 is 1.96 bits per heavy atom. The molecule has 0 fully saturated rings. The minimum Gasteiger partial charge on any atom is -0.496 e. The van der Waals surface area contributed by atoms with E-state index >= 15 is 0 Å². The molecule has 0 atom stereocenters. The molecule has 3 rings (SSSR count). The van der Waals surface area contributed by atoms with Crippen LogP contribution in [0.5, 0.6) is 5.75 Å². The van der Waals surface area contributed by atoms with E-state index in [1.54, 1.807) is 14.0 Å². The average Bonchev–Trinajstić information content (AvgIpc) is 2.98. The second-order valence-electron chi connectivity index (χ2n) is 5.26. The van der Waals surface area contributed by atoms with E-state index in [1.165, 1.54) is 5.56 Å². The standard InChI is InChI=1S/C18H17ClN2O2/c1-12-20-21-18(23-12)9-6-13-4-3-5-14(10-13)16-8-7-15(19)11-17(16)22-2/h3-5,7-8,10-11H,6,9H2,1-2H3. The molecule has 0 bridgehead atoms. The van der Waals surface area contributed by atoms with E-state index in [2.05, 4.69) is 28.4 Å². The summed E-state index contributed by atoms with van der Waals surface area (Å²) in [4.78, 5) is 0. The zero-order valence-electron chi connectivity index (χ0n) is 13.0. The number of ether oxygens (including phenoxy) is 1. The van der Waals surface area contributed by atoms with Gasteiger partial charge in [0.25, 0.3) is 0 Å². The second-order valence-corrected chi connectivity index (χ2v) is 5.70. The van der Waals surface area contributed by atoms with Crippen LogP contribution in [0.1, 0.15) is 17.3 Å². The van der Waals surface area contributed by atoms with Crippen LogP contribution >= 0.6 is 11.6 Å². The van der Waals surface area contributed by atoms with E-state index in [0.717, 1.165) is 29.7 Å². The molecule has 0 saturated carbocycles. The van der Waals surface area contributed by atoms with Crippen molar-refractivity contribution in [3.63, 3.8) is 0 Å². The maximum Gasteiger partial charge on any atom is 0.216 e. The Balaban J connectivity index is 1.82. The molecule has 3 aromatic rings. The smallest absolute Gasteiger partial charge is 0.216 e. The molecule has 0 spiro atoms. The lowest BCUT2D eigenvalue weighted by Crippen LogP contribution is -1.93. The number of methoxy groups -OCH3 is 1. The number of rotatable bonds is 5. The summed E-state index contributed by atoms with van der Waals surface area (Å²) in [7, 11) is 1.65. The molecule has 0 radical (unpaired) electrons. The number of hydrogen-bond donors (Lipinski definition) is 0. The first-order chi connectivity index (χ1) is 11.2. The summed E-state index contributed by atoms with van der Waals surface area (Å²) in [6, 6.07) is 14.0. The molecule has 23 heavy (non-hydrogen) atoms. The lowest BCUT2D eigenvalue weighted by molar-refractivity contribution is 0.416. The minimum atomic E-state index is 0.597. The first kappa shape index (κ1) is 15.6. The SMILES string of the molecule is COc1cc(Cl)ccc1-c1cccc(CCc2nnc(C)o2)c1. The van der Waals surface area contributed by atoms with E-state index in [1.807, 2.05) is 24.3 Å². The molecule has 0 saturated heterocycles. The summed E-state index contributed by atoms with van der Waals surface area (Å²) in [6.07, 6.45) is 1.56. The van der Waals surface area contributed by atoms with Crippen LogP contribution in [-0.4, -0.2) is 17.3 Å². The largest absolute Gasteiger partial charge is 0.496 e. The van der Waals surface area contributed by atoms with E-state index < -0.39 is 0 Å². The van der Waals surface area contributed by atoms with Gasteiger partial charge >= 0.3 is 0 Å². The molecule has 1 aromatic heterocycles. The average molecular weight is 329 g/mol. The van der Waals surface area contributed by atoms with Gasteiger partial charge in [-0.25, -0.2) is 0 Å². The van der Waals surface area contributed by atoms with Crippen molar-refractivity contribution in [2.45, 2.75) is 19.8 Å². The molecule has 5 heteroatoms. The van der Waals surface area contributed by atoms with Crippen LogP contribution in [0.3, 0.4) is 0 Å². The Bertz CT molecular complexity index is 814. The maximum atomic E-state index is 6.03. The van der Waals surface area contributed by atoms with E-state index in [9.17, 15) is 0 Å². The Morgan fingerprint density at radius 1 is 1.09 bits per heavy atom. The number of hydrogen-bond acceptors (Lipinski definition) is 4. The van der Waals surface area contributed by atoms with Gasteiger partial charge in [-0.05, 0) is 35.7 Å². The van der Waals surface area contributed by atoms with Gasteiger partial charge in [0.1, 0.15) is 5.75 Å². The first-order valence-corrected chi connectivity index (χ1v) is 7.75. The quantitative estimate of drug-likeness (QED) is 0.692. The zero-order valence-corrected chi connectivity index (χ0v) is 13.8. The van der Waals surface area contributed by atoms with Gasteiger partial charge in [0.2, 0.25) is 11.8 Å². The van der Waals surface area contributed by atoms with Crippen LogP contribution < -0.4 is 4.74 Å². The summed E-state index contributed by atoms with van der Waals surface area (Å²) in [5.41, 5.74) is 3.32. The van der Waals surface area contributed by atoms with Gasteiger partial charge < -0.3 is 9.15 Å². The third-order valence-electron chi connectivity index (χ3n) is 3.60. The van der Waals surface area contributed by atoms with Crippen molar-refractivity contribution >= 4 is 11.6 Å². The van der Waals surface area contributed by atoms with Gasteiger partial charge in [0, 0.05) is 23.9 Å². The van der Waals surface area contributed by atoms with Crippen LogP contribution in [0.4, 0.5) is 0 Å². The number of benzene rings is 2. The lowest BCUT2D eigenvalue weighted by Gasteiger charge is -2.10. The van der Waals surface area contributed by atoms with Crippen LogP contribution in [0.15, 0.2) is 46.9 Å². The van der Waals surface area contributed by atoms with Crippen molar-refractivity contribution in [1.82, 2.24) is 10.2 Å². The highest BCUT2D eigenvalue weighted by molar-refractivity contribution is 6.30. The predicted molar refractivity (Wildman–Crippen MR) is 89.9 cm³/mol. The third kappa shape index (κ3) is 3.71. The van der Waals surface area contributed by atoms with Crippen molar-refractivity contribution in [1.29, 1.82) is 0 Å². The van der Waals surface area contributed by atoms with E-state index in [4.69, 9.17) is 20.8 Å². The molecule has 0 aliphatic heterocycles. The van der Waals surface area contributed by atoms with Gasteiger partial charge in [0.05, 0.1) is 7.11 Å². The van der Waals surface area contributed by atoms with Crippen molar-refractivity contribution in [3.05, 3.63) is 64.8 Å². The fourth-order valence-corrected chi connectivity index (χ4v) is 2.65. The van der Waals surface area contributed by atoms with Gasteiger partial charge in [-0.3, -0.25) is 0 Å². The number of nitrogens with zero attached hydrogens (tertiary/aromatic N) is 2. The fraction of sp³-hybridized carbons (Fsp3) is 0.222. The van der Waals surface area contributed by atoms with Gasteiger partial charge in [-0.2, -0.15) is 0 Å². The first-order valence-electron chi connectivity index (χ1n) is 7.37. The summed E-state index contributed by atoms with van der Waals surface area (Å²) in [5.74, 6) is 2.03. The van der Waals surface area contributed by atoms with Crippen LogP contribution in [0.25, 0.3) is 11.1 Å². The number of halogens is 1. The highest BCUT2D eigenvalue weighted by Crippen LogP contribution is 2.32. The Hall–Kier alpha value is -2.33. The van der Waals surface area contributed by atoms with Gasteiger partial charge in [0.15, 0.2) is 0 Å². The molecule has 4 nitrogen and oxygen atoms in total. The van der Waals surface area contributed by atoms with Gasteiger partial charge in [-0.1, -0.05) is 35.9 Å². The van der Waals surface area contributed by atoms with Crippen molar-refractivity contribution in [2.75, 3.05) is 7.11 Å². The summed E-state index contributed by atoms with van der Waals surface area (Å²) >= 11 is 6.03. The van der Waals surface area contributed by atoms with Crippen LogP contribution in [0, 0.1) is 6.92 Å². The fourth-order valence-electron chi connectivity index (χ4n) is 2.49. The summed E-state index contributed by atoms with van der Waals surface area (Å²) < 4.78 is 10.8. The van der Waals surface area contributed by atoms with Crippen molar-refractivity contribution in [2.24, 2.45) is 0 Å². The summed E-state index contributed by atoms with van der Waals surface area (Å²) in [5, 5.41) is 8.54. The maximum absolute atomic E-state index is 6.03. The Labute approximate surface area is 140 Å². The second kappa shape index (κ2) is 6.84. The monoisotopic (exact) mass is 328 g/mol. The minimum absolute atomic E-state index is 0.597. The Morgan fingerprint density at radius 3 is 2.70 bits per heavy atom. The molecule has 0 aliphatic carbocycles. The number of aryl methyl sites for hydroxylation is 3. The number of aromatic nitrogens is 2. The van der Waals surface area contributed by atoms with Gasteiger partial charge in [-0.15, -0.1) is 10.2 Å². The van der Waals surface area contributed by atoms with Crippen molar-refractivity contribution in [3.8, 4) is 16.9 Å². The molecule has 2 aromatic carbocycles. The molecule has 118 valence electrons. The van der Waals surface area contributed by atoms with E-state index in [0.29, 0.717) is 16.8 Å². The highest BCUT2D eigenvalue weighted by Gasteiger charge is 2.08. The topological polar surface area (TPSA) is 48.2 Å².